The minimum atomic E-state index is 0.587. The van der Waals surface area contributed by atoms with Crippen molar-refractivity contribution < 1.29 is 4.74 Å². The fourth-order valence-electron chi connectivity index (χ4n) is 2.94. The summed E-state index contributed by atoms with van der Waals surface area (Å²) in [4.78, 5) is 1.14. The summed E-state index contributed by atoms with van der Waals surface area (Å²) in [6.07, 6.45) is 4.51. The lowest BCUT2D eigenvalue weighted by molar-refractivity contribution is 0.404. The fourth-order valence-corrected chi connectivity index (χ4v) is 3.56. The number of thioether (sulfide) groups is 1. The summed E-state index contributed by atoms with van der Waals surface area (Å²) in [6.45, 7) is 3.76. The molecule has 2 aromatic carbocycles. The molecule has 1 aliphatic heterocycles. The third-order valence-electron chi connectivity index (χ3n) is 4.33. The van der Waals surface area contributed by atoms with Crippen LogP contribution in [0.25, 0.3) is 5.70 Å². The van der Waals surface area contributed by atoms with Gasteiger partial charge < -0.3 is 10.5 Å². The topological polar surface area (TPSA) is 60.0 Å². The minimum Gasteiger partial charge on any atom is -0.496 e. The molecule has 2 N–H and O–H groups in total. The molecule has 0 aliphatic carbocycles. The molecule has 0 fully saturated rings. The zero-order valence-electron chi connectivity index (χ0n) is 15.2. The van der Waals surface area contributed by atoms with Crippen LogP contribution in [-0.2, 0) is 12.8 Å². The van der Waals surface area contributed by atoms with Gasteiger partial charge in [-0.05, 0) is 35.1 Å². The van der Waals surface area contributed by atoms with Crippen LogP contribution in [-0.4, -0.2) is 24.8 Å². The van der Waals surface area contributed by atoms with Crippen molar-refractivity contribution in [3.63, 3.8) is 0 Å². The van der Waals surface area contributed by atoms with E-state index in [9.17, 15) is 0 Å². The van der Waals surface area contributed by atoms with Crippen molar-refractivity contribution in [2.24, 2.45) is 15.9 Å². The van der Waals surface area contributed by atoms with Gasteiger partial charge in [0, 0.05) is 29.9 Å². The van der Waals surface area contributed by atoms with Crippen LogP contribution in [0.2, 0.25) is 0 Å². The largest absolute Gasteiger partial charge is 0.496 e. The maximum absolute atomic E-state index is 5.71. The van der Waals surface area contributed by atoms with E-state index in [1.165, 1.54) is 11.1 Å². The van der Waals surface area contributed by atoms with Gasteiger partial charge in [-0.3, -0.25) is 0 Å². The molecule has 134 valence electrons. The maximum atomic E-state index is 5.71. The maximum Gasteiger partial charge on any atom is 0.132 e. The Balaban J connectivity index is 1.59. The molecule has 0 bridgehead atoms. The van der Waals surface area contributed by atoms with Crippen molar-refractivity contribution in [2.75, 3.05) is 13.4 Å². The molecular weight excluding hydrogens is 342 g/mol. The van der Waals surface area contributed by atoms with Gasteiger partial charge >= 0.3 is 0 Å². The molecule has 26 heavy (non-hydrogen) atoms. The van der Waals surface area contributed by atoms with E-state index in [1.54, 1.807) is 18.9 Å². The monoisotopic (exact) mass is 365 g/mol. The van der Waals surface area contributed by atoms with Crippen molar-refractivity contribution in [3.05, 3.63) is 65.7 Å². The van der Waals surface area contributed by atoms with Crippen LogP contribution in [0.5, 0.6) is 5.75 Å². The van der Waals surface area contributed by atoms with Crippen LogP contribution < -0.4 is 10.5 Å². The zero-order valence-corrected chi connectivity index (χ0v) is 16.0. The Hall–Kier alpha value is -2.53. The van der Waals surface area contributed by atoms with E-state index in [4.69, 9.17) is 10.5 Å². The van der Waals surface area contributed by atoms with E-state index in [0.29, 0.717) is 5.70 Å². The second-order valence-electron chi connectivity index (χ2n) is 6.27. The summed E-state index contributed by atoms with van der Waals surface area (Å²) in [5, 5.41) is 8.76. The SMILES string of the molecule is C=C(N)c1ccc(CC2=NN=C(Cc3ccc(OC)c(SC)c3)C2)cc1. The van der Waals surface area contributed by atoms with Crippen LogP contribution in [0.3, 0.4) is 0 Å². The second kappa shape index (κ2) is 8.23. The predicted molar refractivity (Wildman–Crippen MR) is 111 cm³/mol. The van der Waals surface area contributed by atoms with Crippen LogP contribution in [0, 0.1) is 0 Å². The lowest BCUT2D eigenvalue weighted by Crippen LogP contribution is -2.08. The molecule has 1 aliphatic rings. The van der Waals surface area contributed by atoms with Crippen LogP contribution in [0.1, 0.15) is 23.1 Å². The molecule has 0 aromatic heterocycles. The van der Waals surface area contributed by atoms with Crippen LogP contribution >= 0.6 is 11.8 Å². The van der Waals surface area contributed by atoms with Crippen molar-refractivity contribution in [1.82, 2.24) is 0 Å². The van der Waals surface area contributed by atoms with Gasteiger partial charge in [0.05, 0.1) is 18.5 Å². The van der Waals surface area contributed by atoms with Gasteiger partial charge in [-0.15, -0.1) is 11.8 Å². The third kappa shape index (κ3) is 4.35. The quantitative estimate of drug-likeness (QED) is 0.743. The Kier molecular flexibility index (Phi) is 5.78. The highest BCUT2D eigenvalue weighted by atomic mass is 32.2. The van der Waals surface area contributed by atoms with Gasteiger partial charge in [0.2, 0.25) is 0 Å². The van der Waals surface area contributed by atoms with Crippen molar-refractivity contribution in [3.8, 4) is 5.75 Å². The van der Waals surface area contributed by atoms with E-state index in [-0.39, 0.29) is 0 Å². The molecule has 0 saturated heterocycles. The van der Waals surface area contributed by atoms with E-state index in [2.05, 4.69) is 47.3 Å². The van der Waals surface area contributed by atoms with Gasteiger partial charge in [-0.1, -0.05) is 36.9 Å². The van der Waals surface area contributed by atoms with Gasteiger partial charge in [0.1, 0.15) is 5.75 Å². The number of nitrogens with two attached hydrogens (primary N) is 1. The number of benzene rings is 2. The molecule has 0 unspecified atom stereocenters. The molecule has 0 spiro atoms. The molecule has 0 radical (unpaired) electrons. The average molecular weight is 366 g/mol. The molecule has 2 aromatic rings. The molecule has 5 heteroatoms. The first-order chi connectivity index (χ1) is 12.6. The molecule has 3 rings (SSSR count). The van der Waals surface area contributed by atoms with E-state index < -0.39 is 0 Å². The number of rotatable bonds is 7. The molecule has 0 atom stereocenters. The lowest BCUT2D eigenvalue weighted by atomic mass is 10.00. The average Bonchev–Trinajstić information content (AvgIpc) is 3.08. The highest BCUT2D eigenvalue weighted by Crippen LogP contribution is 2.29. The fraction of sp³-hybridized carbons (Fsp3) is 0.238. The Morgan fingerprint density at radius 3 is 2.27 bits per heavy atom. The Labute approximate surface area is 158 Å². The minimum absolute atomic E-state index is 0.587. The molecule has 1 heterocycles. The zero-order chi connectivity index (χ0) is 18.5. The van der Waals surface area contributed by atoms with Crippen LogP contribution in [0.4, 0.5) is 0 Å². The normalized spacial score (nSPS) is 13.3. The number of hydrogen-bond acceptors (Lipinski definition) is 5. The summed E-state index contributed by atoms with van der Waals surface area (Å²) in [6, 6.07) is 14.4. The smallest absolute Gasteiger partial charge is 0.132 e. The van der Waals surface area contributed by atoms with Crippen molar-refractivity contribution >= 4 is 28.9 Å². The number of nitrogens with zero attached hydrogens (tertiary/aromatic N) is 2. The lowest BCUT2D eigenvalue weighted by Gasteiger charge is -2.09. The van der Waals surface area contributed by atoms with E-state index >= 15 is 0 Å². The Morgan fingerprint density at radius 1 is 1.08 bits per heavy atom. The molecule has 4 nitrogen and oxygen atoms in total. The van der Waals surface area contributed by atoms with Gasteiger partial charge in [-0.25, -0.2) is 0 Å². The van der Waals surface area contributed by atoms with Crippen molar-refractivity contribution in [2.45, 2.75) is 24.2 Å². The van der Waals surface area contributed by atoms with Gasteiger partial charge in [0.25, 0.3) is 0 Å². The standard InChI is InChI=1S/C21H23N3OS/c1-14(22)17-7-4-15(5-8-17)10-18-13-19(24-23-18)11-16-6-9-20(25-2)21(12-16)26-3/h4-9,12H,1,10-11,13,22H2,2-3H3. The predicted octanol–water partition coefficient (Wildman–Crippen LogP) is 4.33. The number of hydrogen-bond donors (Lipinski definition) is 1. The summed E-state index contributed by atoms with van der Waals surface area (Å²) in [5.74, 6) is 0.912. The molecular formula is C21H23N3OS. The number of ether oxygens (including phenoxy) is 1. The van der Waals surface area contributed by atoms with E-state index in [1.807, 2.05) is 18.2 Å². The molecule has 0 saturated carbocycles. The first kappa shape index (κ1) is 18.3. The molecule has 0 amide bonds. The highest BCUT2D eigenvalue weighted by Gasteiger charge is 2.14. The first-order valence-electron chi connectivity index (χ1n) is 8.44. The number of methoxy groups -OCH3 is 1. The Morgan fingerprint density at radius 2 is 1.69 bits per heavy atom. The van der Waals surface area contributed by atoms with Crippen LogP contribution in [0.15, 0.2) is 64.1 Å². The van der Waals surface area contributed by atoms with Crippen molar-refractivity contribution in [1.29, 1.82) is 0 Å². The summed E-state index contributed by atoms with van der Waals surface area (Å²) < 4.78 is 5.38. The summed E-state index contributed by atoms with van der Waals surface area (Å²) in [5.41, 5.74) is 11.9. The van der Waals surface area contributed by atoms with Gasteiger partial charge in [0.15, 0.2) is 0 Å². The highest BCUT2D eigenvalue weighted by molar-refractivity contribution is 7.98. The second-order valence-corrected chi connectivity index (χ2v) is 7.12. The Bertz CT molecular complexity index is 869. The summed E-state index contributed by atoms with van der Waals surface area (Å²) >= 11 is 1.69. The first-order valence-corrected chi connectivity index (χ1v) is 9.67. The summed E-state index contributed by atoms with van der Waals surface area (Å²) in [7, 11) is 1.70. The van der Waals surface area contributed by atoms with Gasteiger partial charge in [-0.2, -0.15) is 10.2 Å². The van der Waals surface area contributed by atoms with E-state index in [0.717, 1.165) is 46.9 Å². The third-order valence-corrected chi connectivity index (χ3v) is 5.09.